The summed E-state index contributed by atoms with van der Waals surface area (Å²) in [6.07, 6.45) is 41.4. The van der Waals surface area contributed by atoms with Gasteiger partial charge in [0.2, 0.25) is 0 Å². The highest BCUT2D eigenvalue weighted by Crippen LogP contribution is 2.65. The Kier molecular flexibility index (Phi) is 20.5. The van der Waals surface area contributed by atoms with Crippen molar-refractivity contribution in [1.29, 1.82) is 0 Å². The summed E-state index contributed by atoms with van der Waals surface area (Å²) >= 11 is 0. The zero-order valence-corrected chi connectivity index (χ0v) is 42.2. The number of unbranched alkanes of at least 4 members (excludes halogenated alkanes) is 15. The second kappa shape index (κ2) is 25.0. The highest BCUT2D eigenvalue weighted by atomic mass is 16.6. The molecule has 7 rings (SSSR count). The molecule has 0 amide bonds. The fourth-order valence-electron chi connectivity index (χ4n) is 13.5. The van der Waals surface area contributed by atoms with E-state index >= 15 is 0 Å². The van der Waals surface area contributed by atoms with Crippen LogP contribution in [0.3, 0.4) is 0 Å². The topological polar surface area (TPSA) is 81.7 Å². The van der Waals surface area contributed by atoms with Gasteiger partial charge in [0.25, 0.3) is 0 Å². The normalized spacial score (nSPS) is 33.8. The summed E-state index contributed by atoms with van der Waals surface area (Å²) in [6.45, 7) is 17.6. The standard InChI is InChI=1S/C56H98O8/c1-6-9-27-50(33-39-61-50)30-21-15-12-18-24-36-58-53-42-54(59-37-25-19-13-16-22-31-51(28-10-7-2)34-40-62-51)44-55(43-53,47-56(45-53,46-54)64-49(57)48(4)5)60-38-26-20-14-17-23-32-52(29-11-8-3)35-41-63-52/h4,6-47H2,1-3,5H3. The first-order valence-corrected chi connectivity index (χ1v) is 27.7. The molecule has 8 nitrogen and oxygen atoms in total. The van der Waals surface area contributed by atoms with Crippen LogP contribution in [0.25, 0.3) is 0 Å². The summed E-state index contributed by atoms with van der Waals surface area (Å²) in [5.41, 5.74) is -0.941. The molecule has 3 atom stereocenters. The number of carbonyl (C=O) groups excluding carboxylic acids is 1. The molecule has 8 heteroatoms. The van der Waals surface area contributed by atoms with Crippen molar-refractivity contribution in [1.82, 2.24) is 0 Å². The Hall–Kier alpha value is -1.03. The van der Waals surface area contributed by atoms with Gasteiger partial charge in [-0.25, -0.2) is 4.79 Å². The number of rotatable bonds is 38. The summed E-state index contributed by atoms with van der Waals surface area (Å²) in [6, 6.07) is 0. The summed E-state index contributed by atoms with van der Waals surface area (Å²) < 4.78 is 46.4. The van der Waals surface area contributed by atoms with Gasteiger partial charge in [-0.1, -0.05) is 143 Å². The number of hydrogen-bond acceptors (Lipinski definition) is 8. The smallest absolute Gasteiger partial charge is 0.333 e. The van der Waals surface area contributed by atoms with Crippen LogP contribution in [0.15, 0.2) is 12.2 Å². The van der Waals surface area contributed by atoms with E-state index in [1.807, 2.05) is 0 Å². The van der Waals surface area contributed by atoms with Crippen LogP contribution < -0.4 is 0 Å². The van der Waals surface area contributed by atoms with Gasteiger partial charge in [-0.05, 0) is 84.0 Å². The van der Waals surface area contributed by atoms with E-state index in [-0.39, 0.29) is 22.8 Å². The van der Waals surface area contributed by atoms with Crippen LogP contribution >= 0.6 is 0 Å². The third-order valence-corrected chi connectivity index (χ3v) is 16.9. The van der Waals surface area contributed by atoms with Crippen molar-refractivity contribution in [3.63, 3.8) is 0 Å². The molecule has 3 unspecified atom stereocenters. The molecule has 370 valence electrons. The van der Waals surface area contributed by atoms with Gasteiger partial charge in [-0.3, -0.25) is 0 Å². The van der Waals surface area contributed by atoms with Gasteiger partial charge in [0, 0.05) is 63.9 Å². The van der Waals surface area contributed by atoms with Crippen molar-refractivity contribution >= 4 is 5.97 Å². The molecule has 0 N–H and O–H groups in total. The fraction of sp³-hybridized carbons (Fsp3) is 0.946. The van der Waals surface area contributed by atoms with Crippen molar-refractivity contribution < 1.29 is 38.0 Å². The highest BCUT2D eigenvalue weighted by Gasteiger charge is 2.72. The highest BCUT2D eigenvalue weighted by molar-refractivity contribution is 5.87. The van der Waals surface area contributed by atoms with E-state index in [0.29, 0.717) is 5.57 Å². The van der Waals surface area contributed by atoms with Gasteiger partial charge in [0.05, 0.1) is 53.4 Å². The Morgan fingerprint density at radius 2 is 0.688 bits per heavy atom. The molecule has 4 aliphatic carbocycles. The zero-order valence-electron chi connectivity index (χ0n) is 42.2. The summed E-state index contributed by atoms with van der Waals surface area (Å²) in [5, 5.41) is 0. The molecular weight excluding hydrogens is 801 g/mol. The molecule has 64 heavy (non-hydrogen) atoms. The van der Waals surface area contributed by atoms with Crippen LogP contribution in [0.4, 0.5) is 0 Å². The molecule has 0 aromatic carbocycles. The van der Waals surface area contributed by atoms with E-state index in [2.05, 4.69) is 27.4 Å². The molecule has 3 saturated heterocycles. The van der Waals surface area contributed by atoms with Crippen molar-refractivity contribution in [2.75, 3.05) is 39.6 Å². The van der Waals surface area contributed by atoms with Crippen LogP contribution in [0.1, 0.15) is 259 Å². The molecule has 0 spiro atoms. The molecule has 0 aromatic rings. The summed E-state index contributed by atoms with van der Waals surface area (Å²) in [5.74, 6) is -0.293. The first-order valence-electron chi connectivity index (χ1n) is 27.7. The van der Waals surface area contributed by atoms with Crippen LogP contribution in [-0.4, -0.2) is 84.8 Å². The molecule has 7 fully saturated rings. The predicted octanol–water partition coefficient (Wildman–Crippen LogP) is 14.6. The lowest BCUT2D eigenvalue weighted by molar-refractivity contribution is -0.327. The Balaban J connectivity index is 1.02. The maximum absolute atomic E-state index is 13.4. The minimum absolute atomic E-state index is 0.183. The maximum atomic E-state index is 13.4. The van der Waals surface area contributed by atoms with Gasteiger partial charge >= 0.3 is 5.97 Å². The number of carbonyl (C=O) groups is 1. The fourth-order valence-corrected chi connectivity index (χ4v) is 13.5. The van der Waals surface area contributed by atoms with Crippen LogP contribution in [0.5, 0.6) is 0 Å². The molecule has 3 heterocycles. The molecule has 3 aliphatic heterocycles. The summed E-state index contributed by atoms with van der Waals surface area (Å²) in [7, 11) is 0. The van der Waals surface area contributed by atoms with Gasteiger partial charge in [-0.2, -0.15) is 0 Å². The number of ether oxygens (including phenoxy) is 7. The monoisotopic (exact) mass is 899 g/mol. The van der Waals surface area contributed by atoms with Crippen LogP contribution in [0, 0.1) is 0 Å². The third-order valence-electron chi connectivity index (χ3n) is 16.9. The van der Waals surface area contributed by atoms with Crippen molar-refractivity contribution in [2.45, 2.75) is 298 Å². The van der Waals surface area contributed by atoms with Gasteiger partial charge in [0.15, 0.2) is 0 Å². The van der Waals surface area contributed by atoms with E-state index < -0.39 is 22.4 Å². The van der Waals surface area contributed by atoms with E-state index in [0.717, 1.165) is 97.4 Å². The van der Waals surface area contributed by atoms with Gasteiger partial charge < -0.3 is 33.2 Å². The maximum Gasteiger partial charge on any atom is 0.333 e. The number of hydrogen-bond donors (Lipinski definition) is 0. The van der Waals surface area contributed by atoms with E-state index in [4.69, 9.17) is 33.2 Å². The second-order valence-electron chi connectivity index (χ2n) is 22.7. The van der Waals surface area contributed by atoms with E-state index in [1.165, 1.54) is 173 Å². The first-order chi connectivity index (χ1) is 31.0. The van der Waals surface area contributed by atoms with Crippen molar-refractivity contribution in [2.24, 2.45) is 0 Å². The minimum atomic E-state index is -0.670. The molecule has 4 saturated carbocycles. The molecule has 0 aromatic heterocycles. The third kappa shape index (κ3) is 14.7. The molecular formula is C56H98O8. The van der Waals surface area contributed by atoms with Gasteiger partial charge in [0.1, 0.15) is 5.60 Å². The quantitative estimate of drug-likeness (QED) is 0.0344. The Labute approximate surface area is 392 Å². The number of esters is 1. The second-order valence-corrected chi connectivity index (χ2v) is 22.7. The Morgan fingerprint density at radius 1 is 0.422 bits per heavy atom. The van der Waals surface area contributed by atoms with E-state index in [1.54, 1.807) is 6.92 Å². The molecule has 4 bridgehead atoms. The van der Waals surface area contributed by atoms with Crippen LogP contribution in [-0.2, 0) is 38.0 Å². The lowest BCUT2D eigenvalue weighted by atomic mass is 9.48. The minimum Gasteiger partial charge on any atom is -0.455 e. The summed E-state index contributed by atoms with van der Waals surface area (Å²) in [4.78, 5) is 13.4. The Bertz CT molecular complexity index is 1230. The van der Waals surface area contributed by atoms with Crippen LogP contribution in [0.2, 0.25) is 0 Å². The zero-order chi connectivity index (χ0) is 45.3. The van der Waals surface area contributed by atoms with E-state index in [9.17, 15) is 4.79 Å². The average Bonchev–Trinajstić information content (AvgIpc) is 3.21. The average molecular weight is 899 g/mol. The lowest BCUT2D eigenvalue weighted by Gasteiger charge is -2.68. The molecule has 0 radical (unpaired) electrons. The SMILES string of the molecule is C=C(C)C(=O)OC12CC3(OCCCCCCCC4(CCCC)CCO4)CC(OCCCCCCCC4(CCCC)CCO4)(CC(OCCCCCCCC4(CCCC)CCO4)(C3)C1)C2. The Morgan fingerprint density at radius 3 is 0.953 bits per heavy atom. The van der Waals surface area contributed by atoms with Crippen molar-refractivity contribution in [3.05, 3.63) is 12.2 Å². The lowest BCUT2D eigenvalue weighted by Crippen LogP contribution is -2.74. The molecule has 7 aliphatic rings. The largest absolute Gasteiger partial charge is 0.455 e. The first kappa shape index (κ1) is 52.3. The van der Waals surface area contributed by atoms with Crippen molar-refractivity contribution in [3.8, 4) is 0 Å². The predicted molar refractivity (Wildman–Crippen MR) is 259 cm³/mol. The van der Waals surface area contributed by atoms with Gasteiger partial charge in [-0.15, -0.1) is 0 Å².